The first kappa shape index (κ1) is 29.4. The average Bonchev–Trinajstić information content (AvgIpc) is 2.88. The first-order valence-electron chi connectivity index (χ1n) is 12.2. The Labute approximate surface area is 238 Å². The summed E-state index contributed by atoms with van der Waals surface area (Å²) in [6.07, 6.45) is 1.15. The van der Waals surface area contributed by atoms with Crippen LogP contribution in [0.15, 0.2) is 72.8 Å². The van der Waals surface area contributed by atoms with E-state index < -0.39 is 6.04 Å². The molecule has 3 rings (SSSR count). The second-order valence-corrected chi connectivity index (χ2v) is 11.1. The number of carbonyl (C=O) groups excluding carboxylic acids is 2. The van der Waals surface area contributed by atoms with Gasteiger partial charge in [0.2, 0.25) is 11.8 Å². The van der Waals surface area contributed by atoms with Gasteiger partial charge in [0.1, 0.15) is 6.04 Å². The van der Waals surface area contributed by atoms with Gasteiger partial charge in [-0.25, -0.2) is 0 Å². The summed E-state index contributed by atoms with van der Waals surface area (Å²) in [5, 5.41) is 4.64. The fourth-order valence-corrected chi connectivity index (χ4v) is 5.40. The van der Waals surface area contributed by atoms with E-state index in [1.54, 1.807) is 23.1 Å². The monoisotopic (exact) mass is 576 g/mol. The van der Waals surface area contributed by atoms with Gasteiger partial charge < -0.3 is 10.2 Å². The zero-order valence-electron chi connectivity index (χ0n) is 20.9. The van der Waals surface area contributed by atoms with Crippen molar-refractivity contribution in [2.24, 2.45) is 0 Å². The van der Waals surface area contributed by atoms with Gasteiger partial charge in [0, 0.05) is 45.4 Å². The Bertz CT molecular complexity index is 1170. The van der Waals surface area contributed by atoms with E-state index in [1.165, 1.54) is 11.8 Å². The molecule has 0 unspecified atom stereocenters. The number of rotatable bonds is 12. The van der Waals surface area contributed by atoms with Crippen molar-refractivity contribution in [2.45, 2.75) is 51.1 Å². The van der Waals surface area contributed by atoms with Crippen LogP contribution in [0.5, 0.6) is 0 Å². The van der Waals surface area contributed by atoms with Crippen molar-refractivity contribution >= 4 is 58.4 Å². The fourth-order valence-electron chi connectivity index (χ4n) is 3.81. The third-order valence-electron chi connectivity index (χ3n) is 6.05. The van der Waals surface area contributed by atoms with E-state index in [1.807, 2.05) is 68.4 Å². The molecule has 0 saturated carbocycles. The Hall–Kier alpha value is -2.18. The number of hydrogen-bond acceptors (Lipinski definition) is 3. The molecular weight excluding hydrogens is 547 g/mol. The van der Waals surface area contributed by atoms with Crippen LogP contribution in [-0.2, 0) is 28.3 Å². The molecule has 0 saturated heterocycles. The Morgan fingerprint density at radius 3 is 2.22 bits per heavy atom. The highest BCUT2D eigenvalue weighted by molar-refractivity contribution is 7.99. The van der Waals surface area contributed by atoms with Crippen molar-refractivity contribution in [3.8, 4) is 0 Å². The minimum atomic E-state index is -0.733. The lowest BCUT2D eigenvalue weighted by molar-refractivity contribution is -0.139. The Morgan fingerprint density at radius 2 is 1.57 bits per heavy atom. The van der Waals surface area contributed by atoms with Crippen molar-refractivity contribution in [3.63, 3.8) is 0 Å². The maximum atomic E-state index is 13.7. The average molecular weight is 578 g/mol. The minimum absolute atomic E-state index is 0.0242. The first-order chi connectivity index (χ1) is 17.8. The number of hydrogen-bond donors (Lipinski definition) is 1. The van der Waals surface area contributed by atoms with Crippen LogP contribution in [0.25, 0.3) is 0 Å². The highest BCUT2D eigenvalue weighted by Gasteiger charge is 2.31. The molecule has 3 aromatic carbocycles. The van der Waals surface area contributed by atoms with Gasteiger partial charge in [-0.3, -0.25) is 9.59 Å². The van der Waals surface area contributed by atoms with Gasteiger partial charge >= 0.3 is 0 Å². The summed E-state index contributed by atoms with van der Waals surface area (Å²) in [5.74, 6) is 0.448. The zero-order valence-corrected chi connectivity index (χ0v) is 24.0. The number of benzene rings is 3. The van der Waals surface area contributed by atoms with Gasteiger partial charge in [-0.05, 0) is 48.7 Å². The molecule has 2 atom stereocenters. The van der Waals surface area contributed by atoms with Crippen LogP contribution in [0.2, 0.25) is 15.1 Å². The van der Waals surface area contributed by atoms with Crippen molar-refractivity contribution < 1.29 is 9.59 Å². The van der Waals surface area contributed by atoms with E-state index in [2.05, 4.69) is 5.32 Å². The number of nitrogens with one attached hydrogen (secondary N) is 1. The molecule has 0 fully saturated rings. The molecule has 8 heteroatoms. The molecule has 37 heavy (non-hydrogen) atoms. The number of halogens is 3. The maximum absolute atomic E-state index is 13.7. The molecule has 0 spiro atoms. The minimum Gasteiger partial charge on any atom is -0.352 e. The van der Waals surface area contributed by atoms with Crippen LogP contribution in [-0.4, -0.2) is 34.6 Å². The molecule has 0 radical (unpaired) electrons. The normalized spacial score (nSPS) is 12.6. The van der Waals surface area contributed by atoms with E-state index in [-0.39, 0.29) is 30.2 Å². The Balaban J connectivity index is 1.90. The Morgan fingerprint density at radius 1 is 0.919 bits per heavy atom. The fraction of sp³-hybridized carbons (Fsp3) is 0.310. The van der Waals surface area contributed by atoms with E-state index in [9.17, 15) is 9.59 Å². The molecule has 0 bridgehead atoms. The molecule has 0 aromatic heterocycles. The van der Waals surface area contributed by atoms with Crippen LogP contribution in [0.3, 0.4) is 0 Å². The summed E-state index contributed by atoms with van der Waals surface area (Å²) < 4.78 is 0. The summed E-state index contributed by atoms with van der Waals surface area (Å²) in [6.45, 7) is 4.09. The summed E-state index contributed by atoms with van der Waals surface area (Å²) in [7, 11) is 0. The Kier molecular flexibility index (Phi) is 11.7. The summed E-state index contributed by atoms with van der Waals surface area (Å²) in [6, 6.07) is 21.8. The van der Waals surface area contributed by atoms with Gasteiger partial charge in [-0.2, -0.15) is 0 Å². The van der Waals surface area contributed by atoms with Gasteiger partial charge in [0.25, 0.3) is 0 Å². The van der Waals surface area contributed by atoms with Crippen LogP contribution >= 0.6 is 46.6 Å². The highest BCUT2D eigenvalue weighted by Crippen LogP contribution is 2.28. The van der Waals surface area contributed by atoms with Crippen molar-refractivity contribution in [3.05, 3.63) is 105 Å². The zero-order chi connectivity index (χ0) is 26.8. The number of thioether (sulfide) groups is 1. The summed E-state index contributed by atoms with van der Waals surface area (Å²) >= 11 is 20.6. The number of carbonyl (C=O) groups is 2. The third kappa shape index (κ3) is 8.96. The van der Waals surface area contributed by atoms with Crippen LogP contribution < -0.4 is 5.32 Å². The molecule has 196 valence electrons. The molecule has 0 aliphatic heterocycles. The largest absolute Gasteiger partial charge is 0.352 e. The lowest BCUT2D eigenvalue weighted by atomic mass is 10.0. The van der Waals surface area contributed by atoms with Crippen LogP contribution in [0.1, 0.15) is 37.0 Å². The quantitative estimate of drug-likeness (QED) is 0.243. The summed E-state index contributed by atoms with van der Waals surface area (Å²) in [4.78, 5) is 28.9. The predicted octanol–water partition coefficient (Wildman–Crippen LogP) is 7.43. The van der Waals surface area contributed by atoms with Gasteiger partial charge in [-0.15, -0.1) is 11.8 Å². The number of amides is 2. The molecule has 0 aliphatic rings. The van der Waals surface area contributed by atoms with Crippen LogP contribution in [0.4, 0.5) is 0 Å². The van der Waals surface area contributed by atoms with E-state index in [4.69, 9.17) is 34.8 Å². The summed E-state index contributed by atoms with van der Waals surface area (Å²) in [5.41, 5.74) is 2.61. The molecule has 2 amide bonds. The standard InChI is InChI=1S/C29H31Cl3N2O2S/c1-3-20(2)33-29(36)27(16-21-9-5-4-6-10-21)34(17-24-25(31)13-8-14-26(24)32)28(35)19-37-18-22-11-7-12-23(30)15-22/h4-15,20,27H,3,16-19H2,1-2H3,(H,33,36)/t20-,27+/m0/s1. The number of nitrogens with zero attached hydrogens (tertiary/aromatic N) is 1. The van der Waals surface area contributed by atoms with Gasteiger partial charge in [0.15, 0.2) is 0 Å². The van der Waals surface area contributed by atoms with Crippen molar-refractivity contribution in [1.29, 1.82) is 0 Å². The van der Waals surface area contributed by atoms with Crippen molar-refractivity contribution in [2.75, 3.05) is 5.75 Å². The molecular formula is C29H31Cl3N2O2S. The molecule has 1 N–H and O–H groups in total. The first-order valence-corrected chi connectivity index (χ1v) is 14.5. The predicted molar refractivity (Wildman–Crippen MR) is 156 cm³/mol. The van der Waals surface area contributed by atoms with Crippen LogP contribution in [0, 0.1) is 0 Å². The molecule has 0 aliphatic carbocycles. The molecule has 0 heterocycles. The van der Waals surface area contributed by atoms with E-state index in [0.717, 1.165) is 17.5 Å². The van der Waals surface area contributed by atoms with E-state index >= 15 is 0 Å². The third-order valence-corrected chi connectivity index (χ3v) is 7.98. The maximum Gasteiger partial charge on any atom is 0.243 e. The second-order valence-electron chi connectivity index (χ2n) is 8.87. The molecule has 3 aromatic rings. The van der Waals surface area contributed by atoms with Gasteiger partial charge in [-0.1, -0.05) is 90.3 Å². The van der Waals surface area contributed by atoms with Gasteiger partial charge in [0.05, 0.1) is 5.75 Å². The van der Waals surface area contributed by atoms with E-state index in [0.29, 0.717) is 32.8 Å². The smallest absolute Gasteiger partial charge is 0.243 e. The highest BCUT2D eigenvalue weighted by atomic mass is 35.5. The topological polar surface area (TPSA) is 49.4 Å². The lowest BCUT2D eigenvalue weighted by Crippen LogP contribution is -2.52. The molecule has 4 nitrogen and oxygen atoms in total. The SMILES string of the molecule is CC[C@H](C)NC(=O)[C@@H](Cc1ccccc1)N(Cc1c(Cl)cccc1Cl)C(=O)CSCc1cccc(Cl)c1. The van der Waals surface area contributed by atoms with Crippen molar-refractivity contribution in [1.82, 2.24) is 10.2 Å². The second kappa shape index (κ2) is 14.7. The lowest BCUT2D eigenvalue weighted by Gasteiger charge is -2.32.